The molecule has 6 heterocycles. The Labute approximate surface area is 228 Å². The molecular weight excluding hydrogens is 506 g/mol. The lowest BCUT2D eigenvalue weighted by molar-refractivity contribution is -0.117. The van der Waals surface area contributed by atoms with Crippen LogP contribution in [0.4, 0.5) is 5.69 Å². The number of aromatic nitrogens is 5. The second kappa shape index (κ2) is 10.1. The second-order valence-electron chi connectivity index (χ2n) is 10.0. The number of benzene rings is 1. The summed E-state index contributed by atoms with van der Waals surface area (Å²) in [6.45, 7) is 1.97. The number of hydrogen-bond donors (Lipinski definition) is 4. The molecule has 6 aromatic rings. The fraction of sp³-hybridized carbons (Fsp3) is 0.200. The van der Waals surface area contributed by atoms with Crippen molar-refractivity contribution >= 4 is 44.9 Å². The summed E-state index contributed by atoms with van der Waals surface area (Å²) in [5.41, 5.74) is 7.31. The van der Waals surface area contributed by atoms with Crippen molar-refractivity contribution in [1.82, 2.24) is 30.5 Å². The van der Waals surface area contributed by atoms with Gasteiger partial charge in [-0.15, -0.1) is 11.3 Å². The van der Waals surface area contributed by atoms with Crippen LogP contribution < -0.4 is 10.6 Å². The first-order valence-electron chi connectivity index (χ1n) is 13.2. The van der Waals surface area contributed by atoms with Gasteiger partial charge in [0.2, 0.25) is 5.91 Å². The fourth-order valence-electron chi connectivity index (χ4n) is 5.43. The largest absolute Gasteiger partial charge is 0.338 e. The second-order valence-corrected chi connectivity index (χ2v) is 11.0. The summed E-state index contributed by atoms with van der Waals surface area (Å²) in [5.74, 6) is 0.480. The molecule has 39 heavy (non-hydrogen) atoms. The summed E-state index contributed by atoms with van der Waals surface area (Å²) in [5, 5.41) is 18.4. The predicted octanol–water partition coefficient (Wildman–Crippen LogP) is 6.22. The number of amides is 1. The van der Waals surface area contributed by atoms with Gasteiger partial charge in [-0.1, -0.05) is 12.1 Å². The van der Waals surface area contributed by atoms with E-state index in [1.165, 1.54) is 4.88 Å². The Morgan fingerprint density at radius 1 is 1.03 bits per heavy atom. The van der Waals surface area contributed by atoms with Gasteiger partial charge in [0, 0.05) is 45.6 Å². The average molecular weight is 534 g/mol. The van der Waals surface area contributed by atoms with Crippen LogP contribution in [0, 0.1) is 5.92 Å². The molecule has 0 atom stereocenters. The van der Waals surface area contributed by atoms with E-state index < -0.39 is 0 Å². The highest BCUT2D eigenvalue weighted by Gasteiger charge is 2.18. The lowest BCUT2D eigenvalue weighted by Crippen LogP contribution is -2.30. The van der Waals surface area contributed by atoms with E-state index in [9.17, 15) is 4.79 Å². The third kappa shape index (κ3) is 4.71. The molecule has 0 radical (unpaired) electrons. The Morgan fingerprint density at radius 3 is 2.82 bits per heavy atom. The number of carbonyl (C=O) groups is 1. The standard InChI is InChI=1S/C30H27N7OS/c38-28(12-18-5-8-31-9-6-18)34-21-13-20(16-32-17-21)19-3-4-25-24(14-19)29(37-36-25)26-15-23-22(27-2-1-11-39-27)7-10-33-30(23)35-26/h1-4,7,10-11,13-18,31H,5-6,8-9,12H2,(H,33,35)(H,34,38)(H,36,37). The molecule has 1 aliphatic heterocycles. The zero-order valence-electron chi connectivity index (χ0n) is 21.2. The summed E-state index contributed by atoms with van der Waals surface area (Å²) in [6.07, 6.45) is 7.99. The molecule has 1 saturated heterocycles. The number of hydrogen-bond acceptors (Lipinski definition) is 6. The molecule has 0 unspecified atom stereocenters. The number of piperidine rings is 1. The van der Waals surface area contributed by atoms with E-state index in [2.05, 4.69) is 71.5 Å². The number of anilines is 1. The first-order chi connectivity index (χ1) is 19.2. The van der Waals surface area contributed by atoms with Gasteiger partial charge in [-0.25, -0.2) is 4.98 Å². The Balaban J connectivity index is 1.19. The Kier molecular flexibility index (Phi) is 6.14. The number of pyridine rings is 2. The van der Waals surface area contributed by atoms with Gasteiger partial charge in [0.25, 0.3) is 0 Å². The number of nitrogens with zero attached hydrogens (tertiary/aromatic N) is 3. The van der Waals surface area contributed by atoms with Crippen LogP contribution in [-0.4, -0.2) is 44.1 Å². The monoisotopic (exact) mass is 533 g/mol. The minimum absolute atomic E-state index is 0.0442. The molecule has 194 valence electrons. The van der Waals surface area contributed by atoms with E-state index in [-0.39, 0.29) is 5.91 Å². The third-order valence-corrected chi connectivity index (χ3v) is 8.33. The number of fused-ring (bicyclic) bond motifs is 2. The zero-order chi connectivity index (χ0) is 26.2. The molecule has 1 fully saturated rings. The van der Waals surface area contributed by atoms with Crippen LogP contribution in [0.15, 0.2) is 72.5 Å². The molecule has 1 aromatic carbocycles. The third-order valence-electron chi connectivity index (χ3n) is 7.42. The number of H-pyrrole nitrogens is 2. The van der Waals surface area contributed by atoms with Crippen molar-refractivity contribution in [3.63, 3.8) is 0 Å². The van der Waals surface area contributed by atoms with Crippen molar-refractivity contribution in [1.29, 1.82) is 0 Å². The Morgan fingerprint density at radius 2 is 1.95 bits per heavy atom. The van der Waals surface area contributed by atoms with Gasteiger partial charge in [-0.05, 0) is 79.2 Å². The van der Waals surface area contributed by atoms with Crippen LogP contribution in [0.5, 0.6) is 0 Å². The molecule has 7 rings (SSSR count). The molecule has 0 aliphatic carbocycles. The van der Waals surface area contributed by atoms with E-state index in [1.807, 2.05) is 30.6 Å². The molecule has 9 heteroatoms. The van der Waals surface area contributed by atoms with Gasteiger partial charge >= 0.3 is 0 Å². The van der Waals surface area contributed by atoms with Crippen molar-refractivity contribution < 1.29 is 4.79 Å². The number of thiophene rings is 1. The number of carbonyl (C=O) groups excluding carboxylic acids is 1. The van der Waals surface area contributed by atoms with E-state index in [4.69, 9.17) is 0 Å². The summed E-state index contributed by atoms with van der Waals surface area (Å²) >= 11 is 1.71. The summed E-state index contributed by atoms with van der Waals surface area (Å²) < 4.78 is 0. The van der Waals surface area contributed by atoms with Crippen molar-refractivity contribution in [3.8, 4) is 33.0 Å². The maximum Gasteiger partial charge on any atom is 0.224 e. The van der Waals surface area contributed by atoms with E-state index in [0.29, 0.717) is 18.0 Å². The molecule has 0 spiro atoms. The van der Waals surface area contributed by atoms with E-state index in [0.717, 1.165) is 75.9 Å². The molecule has 4 N–H and O–H groups in total. The predicted molar refractivity (Wildman–Crippen MR) is 157 cm³/mol. The number of nitrogens with one attached hydrogen (secondary N) is 4. The smallest absolute Gasteiger partial charge is 0.224 e. The van der Waals surface area contributed by atoms with Gasteiger partial charge in [-0.3, -0.25) is 14.9 Å². The first kappa shape index (κ1) is 23.8. The summed E-state index contributed by atoms with van der Waals surface area (Å²) in [4.78, 5) is 26.3. The summed E-state index contributed by atoms with van der Waals surface area (Å²) in [7, 11) is 0. The van der Waals surface area contributed by atoms with Crippen molar-refractivity contribution in [2.45, 2.75) is 19.3 Å². The topological polar surface area (TPSA) is 111 Å². The van der Waals surface area contributed by atoms with Crippen LogP contribution in [0.2, 0.25) is 0 Å². The molecule has 0 saturated carbocycles. The normalized spacial score (nSPS) is 14.3. The van der Waals surface area contributed by atoms with Crippen LogP contribution in [0.25, 0.3) is 54.9 Å². The molecule has 1 amide bonds. The lowest BCUT2D eigenvalue weighted by Gasteiger charge is -2.21. The van der Waals surface area contributed by atoms with Crippen molar-refractivity contribution in [2.75, 3.05) is 18.4 Å². The maximum absolute atomic E-state index is 12.7. The van der Waals surface area contributed by atoms with Crippen LogP contribution >= 0.6 is 11.3 Å². The average Bonchev–Trinajstić information content (AvgIpc) is 3.73. The minimum atomic E-state index is 0.0442. The van der Waals surface area contributed by atoms with Gasteiger partial charge in [0.15, 0.2) is 0 Å². The van der Waals surface area contributed by atoms with Crippen LogP contribution in [0.1, 0.15) is 19.3 Å². The molecular formula is C30H27N7OS. The number of rotatable bonds is 6. The molecule has 0 bridgehead atoms. The number of aromatic amines is 2. The van der Waals surface area contributed by atoms with Gasteiger partial charge < -0.3 is 15.6 Å². The highest BCUT2D eigenvalue weighted by Crippen LogP contribution is 2.36. The van der Waals surface area contributed by atoms with Gasteiger partial charge in [0.05, 0.1) is 23.1 Å². The Hall–Kier alpha value is -4.34. The lowest BCUT2D eigenvalue weighted by atomic mass is 9.94. The highest BCUT2D eigenvalue weighted by atomic mass is 32.1. The molecule has 8 nitrogen and oxygen atoms in total. The Bertz CT molecular complexity index is 1780. The van der Waals surface area contributed by atoms with Crippen LogP contribution in [0.3, 0.4) is 0 Å². The van der Waals surface area contributed by atoms with Gasteiger partial charge in [0.1, 0.15) is 11.3 Å². The van der Waals surface area contributed by atoms with Gasteiger partial charge in [-0.2, -0.15) is 5.10 Å². The van der Waals surface area contributed by atoms with E-state index in [1.54, 1.807) is 17.5 Å². The highest BCUT2D eigenvalue weighted by molar-refractivity contribution is 7.13. The first-order valence-corrected chi connectivity index (χ1v) is 14.1. The van der Waals surface area contributed by atoms with Crippen molar-refractivity contribution in [3.05, 3.63) is 72.5 Å². The van der Waals surface area contributed by atoms with Crippen LogP contribution in [-0.2, 0) is 4.79 Å². The fourth-order valence-corrected chi connectivity index (χ4v) is 6.19. The zero-order valence-corrected chi connectivity index (χ0v) is 22.0. The van der Waals surface area contributed by atoms with E-state index >= 15 is 0 Å². The summed E-state index contributed by atoms with van der Waals surface area (Å²) in [6, 6.07) is 16.5. The SMILES string of the molecule is O=C(CC1CCNCC1)Nc1cncc(-c2ccc3[nH]nc(-c4cc5c(-c6cccs6)ccnc5[nH]4)c3c2)c1. The molecule has 5 aromatic heterocycles. The minimum Gasteiger partial charge on any atom is -0.338 e. The molecule has 1 aliphatic rings. The quantitative estimate of drug-likeness (QED) is 0.203. The maximum atomic E-state index is 12.7. The van der Waals surface area contributed by atoms with Crippen molar-refractivity contribution in [2.24, 2.45) is 5.92 Å².